The number of anilines is 3. The van der Waals surface area contributed by atoms with Crippen LogP contribution in [0.1, 0.15) is 0 Å². The van der Waals surface area contributed by atoms with E-state index in [9.17, 15) is 0 Å². The molecule has 49 heavy (non-hydrogen) atoms. The summed E-state index contributed by atoms with van der Waals surface area (Å²) in [5, 5.41) is 7.20. The molecule has 3 heteroatoms. The summed E-state index contributed by atoms with van der Waals surface area (Å²) in [6, 6.07) is 63.2. The Hall–Kier alpha value is -6.16. The Morgan fingerprint density at radius 3 is 1.88 bits per heavy atom. The van der Waals surface area contributed by atoms with Crippen molar-refractivity contribution >= 4 is 81.3 Å². The summed E-state index contributed by atoms with van der Waals surface area (Å²) in [5.41, 5.74) is 9.97. The Morgan fingerprint density at radius 1 is 0.388 bits per heavy atom. The average Bonchev–Trinajstić information content (AvgIpc) is 3.74. The second-order valence-corrected chi connectivity index (χ2v) is 13.6. The van der Waals surface area contributed by atoms with E-state index in [-0.39, 0.29) is 0 Å². The Bertz CT molecular complexity index is 2830. The zero-order valence-corrected chi connectivity index (χ0v) is 27.3. The minimum absolute atomic E-state index is 0.915. The summed E-state index contributed by atoms with van der Waals surface area (Å²) in [6.07, 6.45) is 0. The molecule has 2 heterocycles. The van der Waals surface area contributed by atoms with Crippen LogP contribution in [0.25, 0.3) is 75.1 Å². The first-order valence-corrected chi connectivity index (χ1v) is 17.4. The van der Waals surface area contributed by atoms with Crippen molar-refractivity contribution in [2.75, 3.05) is 4.90 Å². The van der Waals surface area contributed by atoms with Crippen LogP contribution in [0.3, 0.4) is 0 Å². The van der Waals surface area contributed by atoms with Crippen molar-refractivity contribution in [1.82, 2.24) is 0 Å². The van der Waals surface area contributed by atoms with E-state index < -0.39 is 0 Å². The molecule has 0 aliphatic carbocycles. The van der Waals surface area contributed by atoms with Crippen LogP contribution < -0.4 is 4.90 Å². The Labute approximate surface area is 287 Å². The summed E-state index contributed by atoms with van der Waals surface area (Å²) < 4.78 is 8.99. The quantitative estimate of drug-likeness (QED) is 0.186. The van der Waals surface area contributed by atoms with E-state index in [1.807, 2.05) is 17.4 Å². The average molecular weight is 644 g/mol. The molecule has 0 atom stereocenters. The van der Waals surface area contributed by atoms with Crippen LogP contribution in [-0.4, -0.2) is 0 Å². The minimum atomic E-state index is 0.915. The van der Waals surface area contributed by atoms with Crippen molar-refractivity contribution in [3.05, 3.63) is 176 Å². The topological polar surface area (TPSA) is 16.4 Å². The van der Waals surface area contributed by atoms with Gasteiger partial charge in [-0.2, -0.15) is 0 Å². The molecule has 0 N–H and O–H groups in total. The second kappa shape index (κ2) is 11.2. The first-order chi connectivity index (χ1) is 24.3. The van der Waals surface area contributed by atoms with Gasteiger partial charge in [0.05, 0.1) is 5.69 Å². The fraction of sp³-hybridized carbons (Fsp3) is 0. The highest BCUT2D eigenvalue weighted by Gasteiger charge is 2.19. The lowest BCUT2D eigenvalue weighted by Crippen LogP contribution is -2.11. The lowest BCUT2D eigenvalue weighted by molar-refractivity contribution is 0.672. The van der Waals surface area contributed by atoms with E-state index in [0.717, 1.165) is 44.4 Å². The highest BCUT2D eigenvalue weighted by atomic mass is 32.1. The van der Waals surface area contributed by atoms with Gasteiger partial charge in [-0.3, -0.25) is 0 Å². The van der Waals surface area contributed by atoms with Gasteiger partial charge in [0.1, 0.15) is 11.2 Å². The molecule has 2 nitrogen and oxygen atoms in total. The van der Waals surface area contributed by atoms with Crippen LogP contribution in [-0.2, 0) is 0 Å². The van der Waals surface area contributed by atoms with Crippen LogP contribution in [0.15, 0.2) is 180 Å². The molecule has 0 aliphatic heterocycles. The van der Waals surface area contributed by atoms with E-state index in [4.69, 9.17) is 4.42 Å². The number of hydrogen-bond donors (Lipinski definition) is 0. The monoisotopic (exact) mass is 643 g/mol. The van der Waals surface area contributed by atoms with Crippen LogP contribution >= 0.6 is 11.3 Å². The van der Waals surface area contributed by atoms with Crippen LogP contribution in [0.4, 0.5) is 17.1 Å². The van der Waals surface area contributed by atoms with Crippen molar-refractivity contribution in [3.8, 4) is 22.3 Å². The molecular formula is C46H29NOS. The lowest BCUT2D eigenvalue weighted by atomic mass is 9.95. The van der Waals surface area contributed by atoms with Gasteiger partial charge in [-0.25, -0.2) is 0 Å². The maximum atomic E-state index is 6.40. The van der Waals surface area contributed by atoms with Crippen molar-refractivity contribution in [2.45, 2.75) is 0 Å². The number of rotatable bonds is 5. The van der Waals surface area contributed by atoms with E-state index in [0.29, 0.717) is 0 Å². The van der Waals surface area contributed by atoms with Gasteiger partial charge in [-0.1, -0.05) is 127 Å². The molecule has 230 valence electrons. The van der Waals surface area contributed by atoms with E-state index in [1.165, 1.54) is 47.8 Å². The normalized spacial score (nSPS) is 11.7. The molecule has 0 amide bonds. The van der Waals surface area contributed by atoms with Gasteiger partial charge in [-0.15, -0.1) is 11.3 Å². The standard InChI is InChI=1S/C46H29NOS/c1-2-12-30(13-3-1)34-14-6-9-19-42(34)47(33-26-27-38-37-17-8-11-21-44(37)49-45(38)28-33)32-24-22-31(23-25-32)40-29-41-36-16-7-10-20-43(36)48-46(41)39-18-5-4-15-35(39)40/h1-29H. The van der Waals surface area contributed by atoms with Crippen LogP contribution in [0.5, 0.6) is 0 Å². The Balaban J connectivity index is 1.16. The minimum Gasteiger partial charge on any atom is -0.455 e. The predicted octanol–water partition coefficient (Wildman–Crippen LogP) is 13.9. The van der Waals surface area contributed by atoms with Gasteiger partial charge in [0.25, 0.3) is 0 Å². The molecule has 2 aromatic heterocycles. The van der Waals surface area contributed by atoms with Crippen molar-refractivity contribution in [1.29, 1.82) is 0 Å². The zero-order valence-electron chi connectivity index (χ0n) is 26.5. The van der Waals surface area contributed by atoms with Crippen molar-refractivity contribution < 1.29 is 4.42 Å². The number of para-hydroxylation sites is 2. The fourth-order valence-corrected chi connectivity index (χ4v) is 8.53. The van der Waals surface area contributed by atoms with E-state index in [1.54, 1.807) is 0 Å². The smallest absolute Gasteiger partial charge is 0.143 e. The van der Waals surface area contributed by atoms with Crippen molar-refractivity contribution in [2.24, 2.45) is 0 Å². The SMILES string of the molecule is c1ccc(-c2ccccc2N(c2ccc(-c3cc4c5ccccc5oc4c4ccccc34)cc2)c2ccc3c(c2)sc2ccccc23)cc1. The third-order valence-electron chi connectivity index (χ3n) is 9.67. The molecular weight excluding hydrogens is 615 g/mol. The Morgan fingerprint density at radius 2 is 1.02 bits per heavy atom. The van der Waals surface area contributed by atoms with E-state index in [2.05, 4.69) is 175 Å². The molecule has 0 saturated heterocycles. The zero-order chi connectivity index (χ0) is 32.3. The van der Waals surface area contributed by atoms with Gasteiger partial charge in [0, 0.05) is 53.3 Å². The molecule has 10 aromatic rings. The van der Waals surface area contributed by atoms with Crippen LogP contribution in [0, 0.1) is 0 Å². The largest absolute Gasteiger partial charge is 0.455 e. The maximum Gasteiger partial charge on any atom is 0.143 e. The Kier molecular flexibility index (Phi) is 6.39. The third-order valence-corrected chi connectivity index (χ3v) is 10.8. The number of furan rings is 1. The van der Waals surface area contributed by atoms with Crippen molar-refractivity contribution in [3.63, 3.8) is 0 Å². The molecule has 0 saturated carbocycles. The number of fused-ring (bicyclic) bond motifs is 8. The molecule has 0 fully saturated rings. The molecule has 10 rings (SSSR count). The van der Waals surface area contributed by atoms with Gasteiger partial charge in [0.2, 0.25) is 0 Å². The highest BCUT2D eigenvalue weighted by molar-refractivity contribution is 7.25. The third kappa shape index (κ3) is 4.55. The number of nitrogens with zero attached hydrogens (tertiary/aromatic N) is 1. The fourth-order valence-electron chi connectivity index (χ4n) is 7.39. The first kappa shape index (κ1) is 27.9. The maximum absolute atomic E-state index is 6.40. The molecule has 0 unspecified atom stereocenters. The van der Waals surface area contributed by atoms with Gasteiger partial charge < -0.3 is 9.32 Å². The number of hydrogen-bond acceptors (Lipinski definition) is 3. The highest BCUT2D eigenvalue weighted by Crippen LogP contribution is 2.45. The summed E-state index contributed by atoms with van der Waals surface area (Å²) in [4.78, 5) is 2.40. The van der Waals surface area contributed by atoms with Gasteiger partial charge >= 0.3 is 0 Å². The number of benzene rings is 8. The lowest BCUT2D eigenvalue weighted by Gasteiger charge is -2.28. The summed E-state index contributed by atoms with van der Waals surface area (Å²) in [7, 11) is 0. The first-order valence-electron chi connectivity index (χ1n) is 16.6. The molecule has 0 aliphatic rings. The van der Waals surface area contributed by atoms with Gasteiger partial charge in [0.15, 0.2) is 0 Å². The summed E-state index contributed by atoms with van der Waals surface area (Å²) >= 11 is 1.85. The van der Waals surface area contributed by atoms with Crippen LogP contribution in [0.2, 0.25) is 0 Å². The molecule has 8 aromatic carbocycles. The van der Waals surface area contributed by atoms with Gasteiger partial charge in [-0.05, 0) is 70.6 Å². The predicted molar refractivity (Wildman–Crippen MR) is 210 cm³/mol. The summed E-state index contributed by atoms with van der Waals surface area (Å²) in [6.45, 7) is 0. The molecule has 0 spiro atoms. The summed E-state index contributed by atoms with van der Waals surface area (Å²) in [5.74, 6) is 0. The molecule has 0 radical (unpaired) electrons. The molecule has 0 bridgehead atoms. The number of thiophene rings is 1. The second-order valence-electron chi connectivity index (χ2n) is 12.5. The van der Waals surface area contributed by atoms with E-state index >= 15 is 0 Å².